The van der Waals surface area contributed by atoms with Gasteiger partial charge in [0.2, 0.25) is 5.95 Å². The van der Waals surface area contributed by atoms with Crippen molar-refractivity contribution in [1.29, 1.82) is 0 Å². The van der Waals surface area contributed by atoms with Gasteiger partial charge in [0, 0.05) is 50.0 Å². The number of piperidine rings is 1. The first-order chi connectivity index (χ1) is 21.9. The lowest BCUT2D eigenvalue weighted by Crippen LogP contribution is -2.46. The zero-order valence-electron chi connectivity index (χ0n) is 27.0. The summed E-state index contributed by atoms with van der Waals surface area (Å²) in [7, 11) is 1.57. The fraction of sp³-hybridized carbons (Fsp3) is 0.371. The molecule has 1 saturated heterocycles. The van der Waals surface area contributed by atoms with Crippen LogP contribution in [0.3, 0.4) is 0 Å². The number of benzene rings is 2. The number of nitrogens with zero attached hydrogens (tertiary/aromatic N) is 4. The van der Waals surface area contributed by atoms with Gasteiger partial charge >= 0.3 is 6.09 Å². The lowest BCUT2D eigenvalue weighted by molar-refractivity contribution is 0.0497. The van der Waals surface area contributed by atoms with Crippen LogP contribution >= 0.6 is 11.6 Å². The molecule has 10 nitrogen and oxygen atoms in total. The summed E-state index contributed by atoms with van der Waals surface area (Å²) in [5.41, 5.74) is 4.65. The molecular formula is C35H39ClN6O4. The zero-order chi connectivity index (χ0) is 33.0. The summed E-state index contributed by atoms with van der Waals surface area (Å²) in [5.74, 6) is 6.42. The highest BCUT2D eigenvalue weighted by Crippen LogP contribution is 2.29. The molecule has 3 heterocycles. The third-order valence-electron chi connectivity index (χ3n) is 7.63. The predicted octanol–water partition coefficient (Wildman–Crippen LogP) is 6.29. The number of hydrogen-bond donors (Lipinski definition) is 2. The van der Waals surface area contributed by atoms with Crippen molar-refractivity contribution in [2.75, 3.05) is 37.0 Å². The largest absolute Gasteiger partial charge is 0.444 e. The van der Waals surface area contributed by atoms with Gasteiger partial charge in [0.1, 0.15) is 12.2 Å². The minimum Gasteiger partial charge on any atom is -0.444 e. The number of para-hydroxylation sites is 1. The molecule has 1 aliphatic heterocycles. The molecule has 0 aliphatic carbocycles. The van der Waals surface area contributed by atoms with E-state index in [1.807, 2.05) is 52.0 Å². The third-order valence-corrected chi connectivity index (χ3v) is 7.93. The van der Waals surface area contributed by atoms with Crippen molar-refractivity contribution in [2.45, 2.75) is 59.1 Å². The Bertz CT molecular complexity index is 1860. The first kappa shape index (κ1) is 32.8. The molecule has 2 aromatic heterocycles. The molecule has 2 aromatic carbocycles. The summed E-state index contributed by atoms with van der Waals surface area (Å²) >= 11 is 6.52. The average molecular weight is 643 g/mol. The maximum atomic E-state index is 13.6. The molecule has 5 rings (SSSR count). The number of nitrogens with one attached hydrogen (secondary N) is 2. The topological polar surface area (TPSA) is 111 Å². The molecule has 11 heteroatoms. The van der Waals surface area contributed by atoms with E-state index in [1.165, 1.54) is 10.8 Å². The highest BCUT2D eigenvalue weighted by molar-refractivity contribution is 6.32. The Balaban J connectivity index is 1.36. The van der Waals surface area contributed by atoms with Crippen LogP contribution in [0.15, 0.2) is 53.6 Å². The molecule has 0 radical (unpaired) electrons. The van der Waals surface area contributed by atoms with Crippen LogP contribution in [-0.2, 0) is 9.47 Å². The number of aryl methyl sites for hydroxylation is 2. The fourth-order valence-electron chi connectivity index (χ4n) is 5.53. The second-order valence-corrected chi connectivity index (χ2v) is 12.8. The van der Waals surface area contributed by atoms with Crippen LogP contribution in [0, 0.1) is 25.7 Å². The normalized spacial score (nSPS) is 13.7. The molecule has 1 aliphatic rings. The Hall–Kier alpha value is -4.59. The molecule has 1 amide bonds. The number of fused-ring (bicyclic) bond motifs is 1. The van der Waals surface area contributed by atoms with Crippen LogP contribution in [0.25, 0.3) is 16.6 Å². The van der Waals surface area contributed by atoms with E-state index in [2.05, 4.69) is 45.3 Å². The van der Waals surface area contributed by atoms with Crippen molar-refractivity contribution in [3.05, 3.63) is 80.9 Å². The number of anilines is 3. The van der Waals surface area contributed by atoms with E-state index in [4.69, 9.17) is 26.1 Å². The van der Waals surface area contributed by atoms with Gasteiger partial charge < -0.3 is 25.0 Å². The SMILES string of the molecule is COCC#Cc1cn(-c2c(C)cccc2Cl)c(=O)c2cnc(Nc3ccc(N4CCC(NC(=O)OC(C)(C)C)CC4)c(C)c3)nc12. The van der Waals surface area contributed by atoms with E-state index in [1.54, 1.807) is 19.4 Å². The van der Waals surface area contributed by atoms with Gasteiger partial charge in [-0.2, -0.15) is 0 Å². The zero-order valence-corrected chi connectivity index (χ0v) is 27.8. The average Bonchev–Trinajstić information content (AvgIpc) is 2.99. The van der Waals surface area contributed by atoms with Crippen molar-refractivity contribution in [3.8, 4) is 17.5 Å². The number of aromatic nitrogens is 3. The summed E-state index contributed by atoms with van der Waals surface area (Å²) < 4.78 is 12.0. The Kier molecular flexibility index (Phi) is 9.85. The van der Waals surface area contributed by atoms with Gasteiger partial charge in [-0.05, 0) is 82.9 Å². The summed E-state index contributed by atoms with van der Waals surface area (Å²) in [4.78, 5) is 37.4. The van der Waals surface area contributed by atoms with E-state index in [0.717, 1.165) is 48.4 Å². The standard InChI is InChI=1S/C35H39ClN6O4/c1-22-9-7-11-28(36)31(22)42-21-24(10-8-18-45-6)30-27(32(42)43)20-37-33(40-30)38-26-12-13-29(23(2)19-26)41-16-14-25(15-17-41)39-34(44)46-35(3,4)5/h7,9,11-13,19-21,25H,14-18H2,1-6H3,(H,39,44)(H,37,38,40). The molecule has 0 saturated carbocycles. The molecule has 46 heavy (non-hydrogen) atoms. The van der Waals surface area contributed by atoms with E-state index >= 15 is 0 Å². The van der Waals surface area contributed by atoms with Crippen LogP contribution in [0.5, 0.6) is 0 Å². The van der Waals surface area contributed by atoms with E-state index in [0.29, 0.717) is 33.1 Å². The van der Waals surface area contributed by atoms with Crippen molar-refractivity contribution >= 4 is 45.9 Å². The summed E-state index contributed by atoms with van der Waals surface area (Å²) in [6, 6.07) is 11.7. The third kappa shape index (κ3) is 7.61. The van der Waals surface area contributed by atoms with E-state index in [9.17, 15) is 9.59 Å². The van der Waals surface area contributed by atoms with Gasteiger partial charge in [0.25, 0.3) is 5.56 Å². The lowest BCUT2D eigenvalue weighted by atomic mass is 10.0. The monoisotopic (exact) mass is 642 g/mol. The number of pyridine rings is 1. The van der Waals surface area contributed by atoms with Gasteiger partial charge in [-0.1, -0.05) is 35.6 Å². The van der Waals surface area contributed by atoms with Gasteiger partial charge in [-0.15, -0.1) is 0 Å². The van der Waals surface area contributed by atoms with Crippen LogP contribution in [0.4, 0.5) is 22.1 Å². The number of methoxy groups -OCH3 is 1. The van der Waals surface area contributed by atoms with Crippen molar-refractivity contribution in [2.24, 2.45) is 0 Å². The van der Waals surface area contributed by atoms with Crippen LogP contribution in [-0.4, -0.2) is 59.1 Å². The van der Waals surface area contributed by atoms with Crippen LogP contribution < -0.4 is 21.1 Å². The molecule has 0 bridgehead atoms. The Morgan fingerprint density at radius 3 is 2.57 bits per heavy atom. The molecule has 0 atom stereocenters. The quantitative estimate of drug-likeness (QED) is 0.236. The maximum Gasteiger partial charge on any atom is 0.407 e. The maximum absolute atomic E-state index is 13.6. The number of ether oxygens (including phenoxy) is 2. The van der Waals surface area contributed by atoms with Gasteiger partial charge in [0.15, 0.2) is 0 Å². The molecule has 2 N–H and O–H groups in total. The van der Waals surface area contributed by atoms with Crippen molar-refractivity contribution in [3.63, 3.8) is 0 Å². The second kappa shape index (κ2) is 13.8. The first-order valence-corrected chi connectivity index (χ1v) is 15.6. The van der Waals surface area contributed by atoms with Crippen molar-refractivity contribution in [1.82, 2.24) is 19.9 Å². The number of hydrogen-bond acceptors (Lipinski definition) is 8. The molecular weight excluding hydrogens is 604 g/mol. The number of alkyl carbamates (subject to hydrolysis) is 1. The second-order valence-electron chi connectivity index (χ2n) is 12.3. The van der Waals surface area contributed by atoms with Crippen LogP contribution in [0.2, 0.25) is 5.02 Å². The highest BCUT2D eigenvalue weighted by Gasteiger charge is 2.24. The molecule has 0 spiro atoms. The van der Waals surface area contributed by atoms with Gasteiger partial charge in [-0.3, -0.25) is 9.36 Å². The smallest absolute Gasteiger partial charge is 0.407 e. The lowest BCUT2D eigenvalue weighted by Gasteiger charge is -2.35. The van der Waals surface area contributed by atoms with Gasteiger partial charge in [0.05, 0.1) is 27.2 Å². The fourth-order valence-corrected chi connectivity index (χ4v) is 5.84. The highest BCUT2D eigenvalue weighted by atomic mass is 35.5. The van der Waals surface area contributed by atoms with E-state index in [-0.39, 0.29) is 24.3 Å². The summed E-state index contributed by atoms with van der Waals surface area (Å²) in [5, 5.41) is 7.06. The minimum atomic E-state index is -0.520. The number of halogens is 1. The molecule has 1 fully saturated rings. The molecule has 240 valence electrons. The Morgan fingerprint density at radius 2 is 1.89 bits per heavy atom. The van der Waals surface area contributed by atoms with E-state index < -0.39 is 5.60 Å². The Morgan fingerprint density at radius 1 is 1.13 bits per heavy atom. The first-order valence-electron chi connectivity index (χ1n) is 15.2. The summed E-state index contributed by atoms with van der Waals surface area (Å²) in [6.45, 7) is 11.4. The molecule has 0 unspecified atom stereocenters. The number of amides is 1. The number of carbonyl (C=O) groups is 1. The molecule has 4 aromatic rings. The van der Waals surface area contributed by atoms with Crippen LogP contribution in [0.1, 0.15) is 50.3 Å². The van der Waals surface area contributed by atoms with Crippen molar-refractivity contribution < 1.29 is 14.3 Å². The number of carbonyl (C=O) groups excluding carboxylic acids is 1. The number of rotatable bonds is 6. The Labute approximate surface area is 274 Å². The summed E-state index contributed by atoms with van der Waals surface area (Å²) in [6.07, 6.45) is 4.48. The van der Waals surface area contributed by atoms with Gasteiger partial charge in [-0.25, -0.2) is 14.8 Å². The predicted molar refractivity (Wildman–Crippen MR) is 183 cm³/mol. The minimum absolute atomic E-state index is 0.0827.